The lowest BCUT2D eigenvalue weighted by atomic mass is 10.0. The monoisotopic (exact) mass is 239 g/mol. The van der Waals surface area contributed by atoms with E-state index in [9.17, 15) is 0 Å². The molecule has 0 radical (unpaired) electrons. The number of rotatable bonds is 7. The Hall–Kier alpha value is -0.730. The molecule has 0 aromatic carbocycles. The Morgan fingerprint density at radius 3 is 2.71 bits per heavy atom. The molecule has 0 bridgehead atoms. The maximum Gasteiger partial charge on any atom is 0.188 e. The van der Waals surface area contributed by atoms with Crippen LogP contribution < -0.4 is 11.1 Å². The maximum absolute atomic E-state index is 5.79. The molecule has 1 aliphatic carbocycles. The second-order valence-electron chi connectivity index (χ2n) is 5.67. The molecule has 3 heteroatoms. The van der Waals surface area contributed by atoms with E-state index in [1.165, 1.54) is 38.5 Å². The fourth-order valence-corrected chi connectivity index (χ4v) is 2.42. The first-order valence-corrected chi connectivity index (χ1v) is 7.22. The molecule has 1 rings (SSSR count). The van der Waals surface area contributed by atoms with Crippen molar-refractivity contribution in [1.29, 1.82) is 0 Å². The summed E-state index contributed by atoms with van der Waals surface area (Å²) in [5, 5.41) is 3.17. The smallest absolute Gasteiger partial charge is 0.188 e. The SMILES string of the molecule is CC(C)CCNC(N)=NCCCC1CCCC1. The van der Waals surface area contributed by atoms with E-state index in [0.29, 0.717) is 5.96 Å². The fourth-order valence-electron chi connectivity index (χ4n) is 2.42. The topological polar surface area (TPSA) is 50.4 Å². The van der Waals surface area contributed by atoms with Crippen LogP contribution in [-0.2, 0) is 0 Å². The Morgan fingerprint density at radius 2 is 2.06 bits per heavy atom. The summed E-state index contributed by atoms with van der Waals surface area (Å²) in [5.41, 5.74) is 5.79. The molecule has 0 amide bonds. The molecule has 0 aliphatic heterocycles. The van der Waals surface area contributed by atoms with E-state index < -0.39 is 0 Å². The molecule has 0 aromatic heterocycles. The van der Waals surface area contributed by atoms with Crippen LogP contribution in [0, 0.1) is 11.8 Å². The Balaban J connectivity index is 1.98. The number of hydrogen-bond donors (Lipinski definition) is 2. The summed E-state index contributed by atoms with van der Waals surface area (Å²) in [4.78, 5) is 4.37. The van der Waals surface area contributed by atoms with Gasteiger partial charge in [0.25, 0.3) is 0 Å². The van der Waals surface area contributed by atoms with Gasteiger partial charge in [0.2, 0.25) is 0 Å². The van der Waals surface area contributed by atoms with Crippen molar-refractivity contribution in [3.8, 4) is 0 Å². The van der Waals surface area contributed by atoms with E-state index in [4.69, 9.17) is 5.73 Å². The number of nitrogens with zero attached hydrogens (tertiary/aromatic N) is 1. The standard InChI is InChI=1S/C14H29N3/c1-12(2)9-11-17-14(15)16-10-5-8-13-6-3-4-7-13/h12-13H,3-11H2,1-2H3,(H3,15,16,17). The summed E-state index contributed by atoms with van der Waals surface area (Å²) in [6.45, 7) is 6.26. The van der Waals surface area contributed by atoms with E-state index in [0.717, 1.165) is 31.3 Å². The summed E-state index contributed by atoms with van der Waals surface area (Å²) in [6.07, 6.45) is 9.43. The Kier molecular flexibility index (Phi) is 7.06. The number of nitrogens with one attached hydrogen (secondary N) is 1. The van der Waals surface area contributed by atoms with E-state index in [1.54, 1.807) is 0 Å². The van der Waals surface area contributed by atoms with Crippen molar-refractivity contribution in [3.05, 3.63) is 0 Å². The lowest BCUT2D eigenvalue weighted by Gasteiger charge is -2.08. The summed E-state index contributed by atoms with van der Waals surface area (Å²) < 4.78 is 0. The highest BCUT2D eigenvalue weighted by Gasteiger charge is 2.13. The van der Waals surface area contributed by atoms with Crippen LogP contribution in [0.3, 0.4) is 0 Å². The Labute approximate surface area is 106 Å². The summed E-state index contributed by atoms with van der Waals surface area (Å²) >= 11 is 0. The minimum Gasteiger partial charge on any atom is -0.370 e. The molecule has 3 nitrogen and oxygen atoms in total. The van der Waals surface area contributed by atoms with Crippen molar-refractivity contribution in [2.45, 2.75) is 58.8 Å². The highest BCUT2D eigenvalue weighted by atomic mass is 15.1. The molecule has 1 fully saturated rings. The van der Waals surface area contributed by atoms with Gasteiger partial charge in [0.1, 0.15) is 0 Å². The van der Waals surface area contributed by atoms with E-state index >= 15 is 0 Å². The zero-order valence-electron chi connectivity index (χ0n) is 11.5. The van der Waals surface area contributed by atoms with Crippen LogP contribution in [0.25, 0.3) is 0 Å². The van der Waals surface area contributed by atoms with Gasteiger partial charge in [0, 0.05) is 13.1 Å². The Bertz CT molecular complexity index is 218. The average Bonchev–Trinajstić information content (AvgIpc) is 2.76. The molecular formula is C14H29N3. The van der Waals surface area contributed by atoms with Gasteiger partial charge in [-0.1, -0.05) is 39.5 Å². The fraction of sp³-hybridized carbons (Fsp3) is 0.929. The third kappa shape index (κ3) is 7.24. The van der Waals surface area contributed by atoms with E-state index in [2.05, 4.69) is 24.2 Å². The highest BCUT2D eigenvalue weighted by Crippen LogP contribution is 2.28. The first-order chi connectivity index (χ1) is 8.18. The zero-order chi connectivity index (χ0) is 12.5. The lowest BCUT2D eigenvalue weighted by molar-refractivity contribution is 0.487. The van der Waals surface area contributed by atoms with E-state index in [-0.39, 0.29) is 0 Å². The van der Waals surface area contributed by atoms with Gasteiger partial charge < -0.3 is 11.1 Å². The third-order valence-electron chi connectivity index (χ3n) is 3.56. The second-order valence-corrected chi connectivity index (χ2v) is 5.67. The predicted octanol–water partition coefficient (Wildman–Crippen LogP) is 2.91. The number of guanidine groups is 1. The number of aliphatic imine (C=N–C) groups is 1. The maximum atomic E-state index is 5.79. The molecule has 100 valence electrons. The van der Waals surface area contributed by atoms with Crippen molar-refractivity contribution >= 4 is 5.96 Å². The first kappa shape index (κ1) is 14.3. The summed E-state index contributed by atoms with van der Waals surface area (Å²) in [6, 6.07) is 0. The van der Waals surface area contributed by atoms with Crippen LogP contribution in [0.4, 0.5) is 0 Å². The van der Waals surface area contributed by atoms with Gasteiger partial charge in [-0.25, -0.2) is 0 Å². The second kappa shape index (κ2) is 8.37. The largest absolute Gasteiger partial charge is 0.370 e. The third-order valence-corrected chi connectivity index (χ3v) is 3.56. The number of nitrogens with two attached hydrogens (primary N) is 1. The molecule has 0 atom stereocenters. The van der Waals surface area contributed by atoms with Crippen LogP contribution in [0.15, 0.2) is 4.99 Å². The van der Waals surface area contributed by atoms with Crippen molar-refractivity contribution in [2.75, 3.05) is 13.1 Å². The molecular weight excluding hydrogens is 210 g/mol. The Morgan fingerprint density at radius 1 is 1.35 bits per heavy atom. The van der Waals surface area contributed by atoms with Crippen LogP contribution >= 0.6 is 0 Å². The molecule has 0 unspecified atom stereocenters. The van der Waals surface area contributed by atoms with Gasteiger partial charge in [0.15, 0.2) is 5.96 Å². The van der Waals surface area contributed by atoms with Crippen molar-refractivity contribution in [2.24, 2.45) is 22.6 Å². The van der Waals surface area contributed by atoms with Crippen molar-refractivity contribution < 1.29 is 0 Å². The van der Waals surface area contributed by atoms with Gasteiger partial charge in [-0.3, -0.25) is 4.99 Å². The van der Waals surface area contributed by atoms with Gasteiger partial charge in [-0.05, 0) is 31.1 Å². The quantitative estimate of drug-likeness (QED) is 0.408. The minimum absolute atomic E-state index is 0.622. The molecule has 3 N–H and O–H groups in total. The first-order valence-electron chi connectivity index (χ1n) is 7.22. The normalized spacial score (nSPS) is 17.9. The van der Waals surface area contributed by atoms with Crippen LogP contribution in [0.1, 0.15) is 58.8 Å². The molecule has 0 saturated heterocycles. The highest BCUT2D eigenvalue weighted by molar-refractivity contribution is 5.77. The van der Waals surface area contributed by atoms with Gasteiger partial charge >= 0.3 is 0 Å². The molecule has 0 spiro atoms. The molecule has 0 heterocycles. The minimum atomic E-state index is 0.622. The number of hydrogen-bond acceptors (Lipinski definition) is 1. The van der Waals surface area contributed by atoms with Crippen LogP contribution in [-0.4, -0.2) is 19.0 Å². The molecule has 0 aromatic rings. The summed E-state index contributed by atoms with van der Waals surface area (Å²) in [5.74, 6) is 2.31. The predicted molar refractivity (Wildman–Crippen MR) is 75.1 cm³/mol. The zero-order valence-corrected chi connectivity index (χ0v) is 11.5. The molecule has 1 aliphatic rings. The van der Waals surface area contributed by atoms with Gasteiger partial charge in [-0.2, -0.15) is 0 Å². The van der Waals surface area contributed by atoms with Gasteiger partial charge in [-0.15, -0.1) is 0 Å². The van der Waals surface area contributed by atoms with Crippen LogP contribution in [0.2, 0.25) is 0 Å². The lowest BCUT2D eigenvalue weighted by Crippen LogP contribution is -2.33. The summed E-state index contributed by atoms with van der Waals surface area (Å²) in [7, 11) is 0. The average molecular weight is 239 g/mol. The molecule has 1 saturated carbocycles. The molecule has 17 heavy (non-hydrogen) atoms. The van der Waals surface area contributed by atoms with E-state index in [1.807, 2.05) is 0 Å². The van der Waals surface area contributed by atoms with Gasteiger partial charge in [0.05, 0.1) is 0 Å². The van der Waals surface area contributed by atoms with Crippen molar-refractivity contribution in [1.82, 2.24) is 5.32 Å². The van der Waals surface area contributed by atoms with Crippen LogP contribution in [0.5, 0.6) is 0 Å². The van der Waals surface area contributed by atoms with Crippen molar-refractivity contribution in [3.63, 3.8) is 0 Å².